The number of anilines is 1. The van der Waals surface area contributed by atoms with Gasteiger partial charge in [0.2, 0.25) is 0 Å². The zero-order valence-corrected chi connectivity index (χ0v) is 15.2. The Balaban J connectivity index is 1.85. The molecule has 2 aliphatic rings. The molecule has 4 nitrogen and oxygen atoms in total. The zero-order valence-electron chi connectivity index (χ0n) is 12.9. The van der Waals surface area contributed by atoms with Crippen molar-refractivity contribution in [1.82, 2.24) is 5.32 Å². The summed E-state index contributed by atoms with van der Waals surface area (Å²) < 4.78 is 0. The van der Waals surface area contributed by atoms with Crippen LogP contribution in [0, 0.1) is 0 Å². The van der Waals surface area contributed by atoms with Gasteiger partial charge in [-0.25, -0.2) is 4.90 Å². The van der Waals surface area contributed by atoms with Crippen molar-refractivity contribution in [3.8, 4) is 0 Å². The van der Waals surface area contributed by atoms with Gasteiger partial charge in [0.05, 0.1) is 10.7 Å². The van der Waals surface area contributed by atoms with Crippen LogP contribution in [0.25, 0.3) is 0 Å². The molecule has 2 amide bonds. The van der Waals surface area contributed by atoms with Gasteiger partial charge in [0.15, 0.2) is 0 Å². The summed E-state index contributed by atoms with van der Waals surface area (Å²) in [5.74, 6) is -1.07. The summed E-state index contributed by atoms with van der Waals surface area (Å²) in [6.07, 6.45) is 6.54. The molecular formula is C17H17Cl3N2O2. The summed E-state index contributed by atoms with van der Waals surface area (Å²) in [5, 5.41) is 3.73. The van der Waals surface area contributed by atoms with Crippen LogP contribution in [0.1, 0.15) is 38.5 Å². The van der Waals surface area contributed by atoms with Crippen LogP contribution in [-0.2, 0) is 9.59 Å². The monoisotopic (exact) mass is 386 g/mol. The average molecular weight is 388 g/mol. The number of hydrogen-bond acceptors (Lipinski definition) is 3. The third-order valence-electron chi connectivity index (χ3n) is 4.38. The van der Waals surface area contributed by atoms with Gasteiger partial charge in [-0.15, -0.1) is 0 Å². The molecule has 0 aromatic heterocycles. The van der Waals surface area contributed by atoms with E-state index in [4.69, 9.17) is 34.8 Å². The van der Waals surface area contributed by atoms with E-state index in [0.717, 1.165) is 30.6 Å². The zero-order chi connectivity index (χ0) is 17.3. The molecule has 24 heavy (non-hydrogen) atoms. The molecular weight excluding hydrogens is 371 g/mol. The van der Waals surface area contributed by atoms with Crippen LogP contribution in [0.2, 0.25) is 10.0 Å². The minimum absolute atomic E-state index is 0.0970. The highest BCUT2D eigenvalue weighted by atomic mass is 35.5. The van der Waals surface area contributed by atoms with E-state index in [1.165, 1.54) is 18.9 Å². The molecule has 1 aliphatic carbocycles. The minimum Gasteiger partial charge on any atom is -0.376 e. The predicted octanol–water partition coefficient (Wildman–Crippen LogP) is 4.63. The van der Waals surface area contributed by atoms with Crippen molar-refractivity contribution in [1.29, 1.82) is 0 Å². The van der Waals surface area contributed by atoms with E-state index in [1.807, 2.05) is 0 Å². The number of imide groups is 1. The topological polar surface area (TPSA) is 49.4 Å². The molecule has 7 heteroatoms. The summed E-state index contributed by atoms with van der Waals surface area (Å²) in [6, 6.07) is 4.78. The quantitative estimate of drug-likeness (QED) is 0.607. The molecule has 1 aromatic rings. The van der Waals surface area contributed by atoms with Crippen LogP contribution >= 0.6 is 34.8 Å². The number of halogens is 3. The molecule has 0 unspecified atom stereocenters. The van der Waals surface area contributed by atoms with Gasteiger partial charge in [0.25, 0.3) is 11.8 Å². The molecule has 3 rings (SSSR count). The van der Waals surface area contributed by atoms with Gasteiger partial charge in [-0.05, 0) is 31.0 Å². The van der Waals surface area contributed by atoms with Crippen molar-refractivity contribution in [2.75, 3.05) is 4.90 Å². The molecule has 1 saturated carbocycles. The number of nitrogens with one attached hydrogen (secondary N) is 1. The molecule has 0 atom stereocenters. The lowest BCUT2D eigenvalue weighted by atomic mass is 10.1. The number of benzene rings is 1. The fraction of sp³-hybridized carbons (Fsp3) is 0.412. The van der Waals surface area contributed by atoms with E-state index >= 15 is 0 Å². The van der Waals surface area contributed by atoms with Crippen molar-refractivity contribution in [2.45, 2.75) is 44.6 Å². The summed E-state index contributed by atoms with van der Waals surface area (Å²) >= 11 is 18.2. The number of hydrogen-bond donors (Lipinski definition) is 1. The second-order valence-electron chi connectivity index (χ2n) is 6.06. The highest BCUT2D eigenvalue weighted by Crippen LogP contribution is 2.35. The molecule has 1 fully saturated rings. The Kier molecular flexibility index (Phi) is 5.38. The highest BCUT2D eigenvalue weighted by molar-refractivity contribution is 6.53. The van der Waals surface area contributed by atoms with Crippen LogP contribution < -0.4 is 10.2 Å². The first kappa shape index (κ1) is 17.6. The third-order valence-corrected chi connectivity index (χ3v) is 5.29. The van der Waals surface area contributed by atoms with Gasteiger partial charge < -0.3 is 5.32 Å². The summed E-state index contributed by atoms with van der Waals surface area (Å²) in [6.45, 7) is 0. The van der Waals surface area contributed by atoms with Gasteiger partial charge in [0, 0.05) is 11.1 Å². The van der Waals surface area contributed by atoms with Crippen LogP contribution in [0.15, 0.2) is 28.9 Å². The molecule has 1 aromatic carbocycles. The Morgan fingerprint density at radius 2 is 1.62 bits per heavy atom. The van der Waals surface area contributed by atoms with Crippen molar-refractivity contribution < 1.29 is 9.59 Å². The standard InChI is InChI=1S/C17H17Cl3N2O2/c18-10-7-8-12(19)13(9-10)22-16(23)14(20)15(17(22)24)21-11-5-3-1-2-4-6-11/h7-9,11,21H,1-6H2. The molecule has 0 spiro atoms. The second-order valence-corrected chi connectivity index (χ2v) is 7.28. The second kappa shape index (κ2) is 7.34. The molecule has 0 radical (unpaired) electrons. The van der Waals surface area contributed by atoms with Gasteiger partial charge in [0.1, 0.15) is 10.7 Å². The fourth-order valence-electron chi connectivity index (χ4n) is 3.13. The summed E-state index contributed by atoms with van der Waals surface area (Å²) in [4.78, 5) is 26.2. The van der Waals surface area contributed by atoms with Gasteiger partial charge in [-0.2, -0.15) is 0 Å². The Morgan fingerprint density at radius 3 is 2.29 bits per heavy atom. The van der Waals surface area contributed by atoms with Crippen LogP contribution in [0.3, 0.4) is 0 Å². The number of nitrogens with zero attached hydrogens (tertiary/aromatic N) is 1. The predicted molar refractivity (Wildman–Crippen MR) is 96.5 cm³/mol. The lowest BCUT2D eigenvalue weighted by Gasteiger charge is -2.20. The van der Waals surface area contributed by atoms with Crippen molar-refractivity contribution in [3.05, 3.63) is 39.0 Å². The van der Waals surface area contributed by atoms with Crippen molar-refractivity contribution in [2.24, 2.45) is 0 Å². The van der Waals surface area contributed by atoms with E-state index in [1.54, 1.807) is 12.1 Å². The molecule has 1 aliphatic heterocycles. The number of amides is 2. The smallest absolute Gasteiger partial charge is 0.283 e. The first-order chi connectivity index (χ1) is 11.5. The minimum atomic E-state index is -0.582. The highest BCUT2D eigenvalue weighted by Gasteiger charge is 2.40. The first-order valence-corrected chi connectivity index (χ1v) is 9.12. The van der Waals surface area contributed by atoms with Crippen LogP contribution in [0.4, 0.5) is 5.69 Å². The van der Waals surface area contributed by atoms with Crippen molar-refractivity contribution in [3.63, 3.8) is 0 Å². The SMILES string of the molecule is O=C1C(Cl)=C(NC2CCCCCC2)C(=O)N1c1cc(Cl)ccc1Cl. The van der Waals surface area contributed by atoms with Crippen LogP contribution in [-0.4, -0.2) is 17.9 Å². The third kappa shape index (κ3) is 3.41. The number of carbonyl (C=O) groups excluding carboxylic acids is 2. The van der Waals surface area contributed by atoms with Gasteiger partial charge in [-0.1, -0.05) is 60.5 Å². The lowest BCUT2D eigenvalue weighted by Crippen LogP contribution is -2.36. The van der Waals surface area contributed by atoms with E-state index in [9.17, 15) is 9.59 Å². The maximum absolute atomic E-state index is 12.7. The molecule has 0 bridgehead atoms. The maximum Gasteiger partial charge on any atom is 0.283 e. The molecule has 1 N–H and O–H groups in total. The fourth-order valence-corrected chi connectivity index (χ4v) is 3.72. The Bertz CT molecular complexity index is 710. The largest absolute Gasteiger partial charge is 0.376 e. The van der Waals surface area contributed by atoms with E-state index < -0.39 is 11.8 Å². The summed E-state index contributed by atoms with van der Waals surface area (Å²) in [5.41, 5.74) is 0.402. The van der Waals surface area contributed by atoms with E-state index in [-0.39, 0.29) is 27.5 Å². The molecule has 128 valence electrons. The molecule has 1 heterocycles. The Morgan fingerprint density at radius 1 is 0.958 bits per heavy atom. The van der Waals surface area contributed by atoms with E-state index in [0.29, 0.717) is 5.02 Å². The number of rotatable bonds is 3. The normalized spacial score (nSPS) is 19.9. The van der Waals surface area contributed by atoms with Gasteiger partial charge in [-0.3, -0.25) is 9.59 Å². The average Bonchev–Trinajstić information content (AvgIpc) is 2.77. The Hall–Kier alpha value is -1.23. The maximum atomic E-state index is 12.7. The lowest BCUT2D eigenvalue weighted by molar-refractivity contribution is -0.120. The summed E-state index contributed by atoms with van der Waals surface area (Å²) in [7, 11) is 0. The molecule has 0 saturated heterocycles. The van der Waals surface area contributed by atoms with E-state index in [2.05, 4.69) is 5.32 Å². The van der Waals surface area contributed by atoms with Gasteiger partial charge >= 0.3 is 0 Å². The van der Waals surface area contributed by atoms with Crippen molar-refractivity contribution >= 4 is 52.3 Å². The first-order valence-electron chi connectivity index (χ1n) is 7.99. The van der Waals surface area contributed by atoms with Crippen LogP contribution in [0.5, 0.6) is 0 Å². The Labute approximate surface area is 155 Å². The number of carbonyl (C=O) groups is 2.